The predicted octanol–water partition coefficient (Wildman–Crippen LogP) is 3.94. The second kappa shape index (κ2) is 10.2. The molecule has 3 aliphatic rings. The van der Waals surface area contributed by atoms with Crippen LogP contribution < -0.4 is 9.47 Å². The maximum absolute atomic E-state index is 13.3. The number of carbonyl (C=O) groups is 2. The molecule has 1 aromatic rings. The summed E-state index contributed by atoms with van der Waals surface area (Å²) >= 11 is 3.46. The molecule has 2 fully saturated rings. The molecule has 2 atom stereocenters. The zero-order valence-corrected chi connectivity index (χ0v) is 20.4. The molecule has 7 heteroatoms. The van der Waals surface area contributed by atoms with Crippen molar-refractivity contribution in [2.75, 3.05) is 38.3 Å². The number of halogens is 1. The number of amides is 1. The fraction of sp³-hybridized carbons (Fsp3) is 0.520. The van der Waals surface area contributed by atoms with Crippen LogP contribution in [0.3, 0.4) is 0 Å². The molecule has 32 heavy (non-hydrogen) atoms. The lowest BCUT2D eigenvalue weighted by atomic mass is 9.88. The van der Waals surface area contributed by atoms with E-state index in [0.717, 1.165) is 42.0 Å². The highest BCUT2D eigenvalue weighted by atomic mass is 79.9. The molecule has 1 aliphatic carbocycles. The summed E-state index contributed by atoms with van der Waals surface area (Å²) in [6.07, 6.45) is 4.99. The average Bonchev–Trinajstić information content (AvgIpc) is 3.43. The Morgan fingerprint density at radius 3 is 2.53 bits per heavy atom. The molecule has 2 heterocycles. The molecular formula is C25H31BrN2O4. The number of rotatable bonds is 6. The summed E-state index contributed by atoms with van der Waals surface area (Å²) in [6.45, 7) is 8.27. The summed E-state index contributed by atoms with van der Waals surface area (Å²) in [7, 11) is 0. The standard InChI is InChI=1S/C25H31BrN2O4/c1-17(14-26)3-4-18(2)21-12-20(29)13-22(21)25(30)28-9-7-27(8-10-28)15-19-5-6-23-24(11-19)32-16-31-23/h3-6,11,21-22H,7-10,12-16H2,1-2H3/b17-3+,18-4+/t21?,22-/m0/s1. The Kier molecular flexibility index (Phi) is 7.36. The van der Waals surface area contributed by atoms with Crippen LogP contribution in [0.5, 0.6) is 11.5 Å². The zero-order valence-electron chi connectivity index (χ0n) is 18.8. The summed E-state index contributed by atoms with van der Waals surface area (Å²) in [5.41, 5.74) is 3.52. The maximum Gasteiger partial charge on any atom is 0.231 e. The van der Waals surface area contributed by atoms with Crippen molar-refractivity contribution in [1.29, 1.82) is 0 Å². The van der Waals surface area contributed by atoms with Crippen molar-refractivity contribution in [2.45, 2.75) is 33.2 Å². The van der Waals surface area contributed by atoms with Gasteiger partial charge in [0, 0.05) is 50.9 Å². The van der Waals surface area contributed by atoms with Gasteiger partial charge in [-0.05, 0) is 37.5 Å². The van der Waals surface area contributed by atoms with E-state index in [1.165, 1.54) is 11.1 Å². The van der Waals surface area contributed by atoms with Crippen LogP contribution in [0.15, 0.2) is 41.5 Å². The van der Waals surface area contributed by atoms with E-state index < -0.39 is 0 Å². The Balaban J connectivity index is 1.34. The number of fused-ring (bicyclic) bond motifs is 1. The fourth-order valence-corrected chi connectivity index (χ4v) is 4.88. The van der Waals surface area contributed by atoms with Gasteiger partial charge in [0.1, 0.15) is 5.78 Å². The number of Topliss-reactive ketones (excluding diaryl/α,β-unsaturated/α-hetero) is 1. The molecule has 4 rings (SSSR count). The number of piperazine rings is 1. The summed E-state index contributed by atoms with van der Waals surface area (Å²) in [4.78, 5) is 29.9. The lowest BCUT2D eigenvalue weighted by Crippen LogP contribution is -2.50. The summed E-state index contributed by atoms with van der Waals surface area (Å²) in [6, 6.07) is 6.06. The number of allylic oxidation sites excluding steroid dienone is 4. The van der Waals surface area contributed by atoms with Crippen LogP contribution in [-0.4, -0.2) is 59.8 Å². The van der Waals surface area contributed by atoms with E-state index in [9.17, 15) is 9.59 Å². The number of hydrogen-bond acceptors (Lipinski definition) is 5. The summed E-state index contributed by atoms with van der Waals surface area (Å²) in [5, 5.41) is 0.819. The number of benzene rings is 1. The van der Waals surface area contributed by atoms with Crippen molar-refractivity contribution in [3.05, 3.63) is 47.1 Å². The highest BCUT2D eigenvalue weighted by Gasteiger charge is 2.41. The molecule has 0 bridgehead atoms. The smallest absolute Gasteiger partial charge is 0.231 e. The second-order valence-corrected chi connectivity index (χ2v) is 9.57. The van der Waals surface area contributed by atoms with Crippen LogP contribution in [0.2, 0.25) is 0 Å². The van der Waals surface area contributed by atoms with Crippen LogP contribution in [0.4, 0.5) is 0 Å². The zero-order chi connectivity index (χ0) is 22.7. The van der Waals surface area contributed by atoms with Crippen LogP contribution in [0.25, 0.3) is 0 Å². The Morgan fingerprint density at radius 2 is 1.78 bits per heavy atom. The Hall–Kier alpha value is -2.12. The van der Waals surface area contributed by atoms with Gasteiger partial charge < -0.3 is 14.4 Å². The van der Waals surface area contributed by atoms with E-state index in [0.29, 0.717) is 25.9 Å². The van der Waals surface area contributed by atoms with E-state index in [2.05, 4.69) is 46.0 Å². The Labute approximate surface area is 198 Å². The van der Waals surface area contributed by atoms with E-state index in [1.807, 2.05) is 24.0 Å². The topological polar surface area (TPSA) is 59.1 Å². The summed E-state index contributed by atoms with van der Waals surface area (Å²) in [5.74, 6) is 1.73. The van der Waals surface area contributed by atoms with Crippen molar-refractivity contribution >= 4 is 27.6 Å². The van der Waals surface area contributed by atoms with Crippen molar-refractivity contribution in [2.24, 2.45) is 11.8 Å². The number of hydrogen-bond donors (Lipinski definition) is 0. The van der Waals surface area contributed by atoms with Gasteiger partial charge in [-0.2, -0.15) is 0 Å². The maximum atomic E-state index is 13.3. The largest absolute Gasteiger partial charge is 0.454 e. The number of alkyl halides is 1. The van der Waals surface area contributed by atoms with E-state index >= 15 is 0 Å². The molecule has 1 unspecified atom stereocenters. The van der Waals surface area contributed by atoms with E-state index in [4.69, 9.17) is 9.47 Å². The molecule has 2 aliphatic heterocycles. The van der Waals surface area contributed by atoms with Crippen molar-refractivity contribution in [3.63, 3.8) is 0 Å². The molecule has 1 aromatic carbocycles. The van der Waals surface area contributed by atoms with Gasteiger partial charge in [-0.15, -0.1) is 0 Å². The monoisotopic (exact) mass is 502 g/mol. The number of carbonyl (C=O) groups excluding carboxylic acids is 2. The minimum absolute atomic E-state index is 0.0148. The summed E-state index contributed by atoms with van der Waals surface area (Å²) < 4.78 is 10.9. The SMILES string of the molecule is C/C(=C\C=C(/C)C1CC(=O)C[C@@H]1C(=O)N1CCN(Cc2ccc3c(c2)OCO3)CC1)CBr. The normalized spacial score (nSPS) is 24.3. The number of nitrogens with zero attached hydrogens (tertiary/aromatic N) is 2. The third kappa shape index (κ3) is 5.26. The van der Waals surface area contributed by atoms with Gasteiger partial charge in [0.05, 0.1) is 5.92 Å². The third-order valence-corrected chi connectivity index (χ3v) is 7.54. The Morgan fingerprint density at radius 1 is 1.06 bits per heavy atom. The van der Waals surface area contributed by atoms with E-state index in [-0.39, 0.29) is 30.3 Å². The molecule has 0 N–H and O–H groups in total. The number of ether oxygens (including phenoxy) is 2. The molecule has 172 valence electrons. The van der Waals surface area contributed by atoms with Crippen molar-refractivity contribution < 1.29 is 19.1 Å². The molecule has 0 radical (unpaired) electrons. The van der Waals surface area contributed by atoms with Gasteiger partial charge in [-0.1, -0.05) is 45.3 Å². The van der Waals surface area contributed by atoms with Crippen LogP contribution in [0.1, 0.15) is 32.3 Å². The van der Waals surface area contributed by atoms with Crippen molar-refractivity contribution in [3.8, 4) is 11.5 Å². The van der Waals surface area contributed by atoms with Crippen LogP contribution >= 0.6 is 15.9 Å². The third-order valence-electron chi connectivity index (χ3n) is 6.65. The lowest BCUT2D eigenvalue weighted by Gasteiger charge is -2.36. The molecule has 1 saturated carbocycles. The molecular weight excluding hydrogens is 472 g/mol. The minimum atomic E-state index is -0.225. The van der Waals surface area contributed by atoms with Crippen LogP contribution in [0, 0.1) is 11.8 Å². The molecule has 0 spiro atoms. The molecule has 6 nitrogen and oxygen atoms in total. The van der Waals surface area contributed by atoms with Gasteiger partial charge in [0.2, 0.25) is 12.7 Å². The van der Waals surface area contributed by atoms with Crippen molar-refractivity contribution in [1.82, 2.24) is 9.80 Å². The first-order chi connectivity index (χ1) is 15.4. The lowest BCUT2D eigenvalue weighted by molar-refractivity contribution is -0.138. The number of ketones is 1. The van der Waals surface area contributed by atoms with E-state index in [1.54, 1.807) is 0 Å². The average molecular weight is 503 g/mol. The first-order valence-corrected chi connectivity index (χ1v) is 12.4. The van der Waals surface area contributed by atoms with Gasteiger partial charge in [0.15, 0.2) is 11.5 Å². The second-order valence-electron chi connectivity index (χ2n) is 9.01. The minimum Gasteiger partial charge on any atom is -0.454 e. The highest BCUT2D eigenvalue weighted by molar-refractivity contribution is 9.09. The highest BCUT2D eigenvalue weighted by Crippen LogP contribution is 2.36. The fourth-order valence-electron chi connectivity index (χ4n) is 4.70. The first kappa shape index (κ1) is 23.1. The van der Waals surface area contributed by atoms with Gasteiger partial charge in [-0.25, -0.2) is 0 Å². The molecule has 0 aromatic heterocycles. The predicted molar refractivity (Wildman–Crippen MR) is 127 cm³/mol. The van der Waals surface area contributed by atoms with Gasteiger partial charge >= 0.3 is 0 Å². The molecule has 1 amide bonds. The quantitative estimate of drug-likeness (QED) is 0.435. The Bertz CT molecular complexity index is 934. The van der Waals surface area contributed by atoms with Crippen LogP contribution in [-0.2, 0) is 16.1 Å². The molecule has 1 saturated heterocycles. The first-order valence-electron chi connectivity index (χ1n) is 11.3. The van der Waals surface area contributed by atoms with Gasteiger partial charge in [0.25, 0.3) is 0 Å². The van der Waals surface area contributed by atoms with Gasteiger partial charge in [-0.3, -0.25) is 14.5 Å².